The normalized spacial score (nSPS) is 19.1. The number of amides is 1. The molecule has 0 bridgehead atoms. The maximum absolute atomic E-state index is 12.9. The molecule has 2 aromatic rings. The molecule has 1 spiro atoms. The van der Waals surface area contributed by atoms with Crippen LogP contribution < -0.4 is 0 Å². The van der Waals surface area contributed by atoms with Gasteiger partial charge in [-0.3, -0.25) is 9.48 Å². The molecule has 9 heteroatoms. The van der Waals surface area contributed by atoms with Gasteiger partial charge in [-0.05, 0) is 25.0 Å². The number of hydrogen-bond donors (Lipinski definition) is 0. The van der Waals surface area contributed by atoms with Crippen molar-refractivity contribution in [2.45, 2.75) is 36.4 Å². The topological polar surface area (TPSA) is 84.7 Å². The molecule has 0 atom stereocenters. The minimum atomic E-state index is -3.49. The van der Waals surface area contributed by atoms with Gasteiger partial charge in [0.15, 0.2) is 5.69 Å². The van der Waals surface area contributed by atoms with E-state index in [1.807, 2.05) is 7.05 Å². The Morgan fingerprint density at radius 2 is 1.83 bits per heavy atom. The number of carbonyl (C=O) groups excluding carboxylic acids is 1. The average molecular weight is 419 g/mol. The van der Waals surface area contributed by atoms with E-state index in [9.17, 15) is 13.2 Å². The molecule has 3 heterocycles. The van der Waals surface area contributed by atoms with Crippen molar-refractivity contribution >= 4 is 15.9 Å². The Kier molecular flexibility index (Phi) is 5.00. The van der Waals surface area contributed by atoms with Crippen LogP contribution in [0.1, 0.15) is 34.6 Å². The van der Waals surface area contributed by atoms with Crippen LogP contribution in [0.2, 0.25) is 0 Å². The summed E-state index contributed by atoms with van der Waals surface area (Å²) >= 11 is 0. The third-order valence-electron chi connectivity index (χ3n) is 5.91. The lowest BCUT2D eigenvalue weighted by Crippen LogP contribution is -2.50. The number of piperidine rings is 1. The third-order valence-corrected chi connectivity index (χ3v) is 7.82. The van der Waals surface area contributed by atoms with Crippen molar-refractivity contribution in [3.8, 4) is 0 Å². The van der Waals surface area contributed by atoms with Crippen LogP contribution in [0.3, 0.4) is 0 Å². The van der Waals surface area contributed by atoms with Crippen LogP contribution in [0.15, 0.2) is 35.2 Å². The summed E-state index contributed by atoms with van der Waals surface area (Å²) in [5.41, 5.74) is 1.87. The molecule has 1 aromatic heterocycles. The summed E-state index contributed by atoms with van der Waals surface area (Å²) in [5, 5.41) is 4.42. The lowest BCUT2D eigenvalue weighted by Gasteiger charge is -2.43. The highest BCUT2D eigenvalue weighted by Gasteiger charge is 2.44. The Labute approximate surface area is 171 Å². The number of hydrogen-bond acceptors (Lipinski definition) is 5. The van der Waals surface area contributed by atoms with Gasteiger partial charge in [-0.1, -0.05) is 18.2 Å². The van der Waals surface area contributed by atoms with Crippen molar-refractivity contribution in [2.24, 2.45) is 7.05 Å². The molecule has 0 N–H and O–H groups in total. The molecule has 29 heavy (non-hydrogen) atoms. The van der Waals surface area contributed by atoms with Gasteiger partial charge in [0.1, 0.15) is 0 Å². The van der Waals surface area contributed by atoms with Crippen molar-refractivity contribution in [1.29, 1.82) is 0 Å². The van der Waals surface area contributed by atoms with Crippen LogP contribution in [0.5, 0.6) is 0 Å². The summed E-state index contributed by atoms with van der Waals surface area (Å²) in [6, 6.07) is 8.53. The number of aryl methyl sites for hydroxylation is 1. The molecular weight excluding hydrogens is 392 g/mol. The number of benzene rings is 1. The van der Waals surface area contributed by atoms with Gasteiger partial charge >= 0.3 is 0 Å². The third kappa shape index (κ3) is 3.47. The molecule has 156 valence electrons. The van der Waals surface area contributed by atoms with Crippen LogP contribution in [0.4, 0.5) is 0 Å². The van der Waals surface area contributed by atoms with Crippen LogP contribution >= 0.6 is 0 Å². The van der Waals surface area contributed by atoms with Gasteiger partial charge in [-0.15, -0.1) is 0 Å². The molecule has 1 amide bonds. The van der Waals surface area contributed by atoms with Crippen molar-refractivity contribution in [3.63, 3.8) is 0 Å². The molecule has 4 rings (SSSR count). The van der Waals surface area contributed by atoms with E-state index in [1.165, 1.54) is 9.21 Å². The van der Waals surface area contributed by atoms with E-state index in [-0.39, 0.29) is 5.91 Å². The summed E-state index contributed by atoms with van der Waals surface area (Å²) in [7, 11) is 1.77. The molecule has 2 aliphatic rings. The van der Waals surface area contributed by atoms with Gasteiger partial charge in [0, 0.05) is 51.9 Å². The monoisotopic (exact) mass is 418 g/mol. The first-order chi connectivity index (χ1) is 13.7. The molecule has 2 aliphatic heterocycles. The Bertz CT molecular complexity index is 1020. The fraction of sp³-hybridized carbons (Fsp3) is 0.500. The van der Waals surface area contributed by atoms with E-state index in [4.69, 9.17) is 4.74 Å². The summed E-state index contributed by atoms with van der Waals surface area (Å²) in [6.45, 7) is 1.14. The zero-order valence-corrected chi connectivity index (χ0v) is 17.8. The molecule has 1 fully saturated rings. The van der Waals surface area contributed by atoms with Gasteiger partial charge < -0.3 is 9.64 Å². The summed E-state index contributed by atoms with van der Waals surface area (Å²) in [4.78, 5) is 14.2. The average Bonchev–Trinajstić information content (AvgIpc) is 3.04. The van der Waals surface area contributed by atoms with Gasteiger partial charge in [0.05, 0.1) is 17.1 Å². The first-order valence-corrected chi connectivity index (χ1v) is 11.1. The minimum absolute atomic E-state index is 0.134. The smallest absolute Gasteiger partial charge is 0.274 e. The quantitative estimate of drug-likeness (QED) is 0.753. The minimum Gasteiger partial charge on any atom is -0.370 e. The fourth-order valence-corrected chi connectivity index (χ4v) is 5.60. The maximum Gasteiger partial charge on any atom is 0.274 e. The van der Waals surface area contributed by atoms with E-state index in [0.717, 1.165) is 11.3 Å². The Hall–Kier alpha value is -2.23. The Morgan fingerprint density at radius 1 is 1.17 bits per heavy atom. The number of nitrogens with zero attached hydrogens (tertiary/aromatic N) is 4. The molecular formula is C20H26N4O4S. The van der Waals surface area contributed by atoms with Gasteiger partial charge in [0.2, 0.25) is 10.0 Å². The predicted octanol–water partition coefficient (Wildman–Crippen LogP) is 1.42. The largest absolute Gasteiger partial charge is 0.370 e. The first kappa shape index (κ1) is 20.1. The zero-order valence-electron chi connectivity index (χ0n) is 17.0. The van der Waals surface area contributed by atoms with E-state index in [1.54, 1.807) is 49.1 Å². The number of fused-ring (bicyclic) bond motifs is 1. The maximum atomic E-state index is 12.9. The lowest BCUT2D eigenvalue weighted by molar-refractivity contribution is -0.0951. The zero-order chi connectivity index (χ0) is 20.8. The van der Waals surface area contributed by atoms with Gasteiger partial charge in [0.25, 0.3) is 5.91 Å². The first-order valence-electron chi connectivity index (χ1n) is 9.69. The summed E-state index contributed by atoms with van der Waals surface area (Å²) in [5.74, 6) is -0.134. The number of ether oxygens (including phenoxy) is 1. The standard InChI is InChI=1S/C20H26N4O4S/c1-22(2)19(25)18-16-14-28-20(13-17(16)23(3)21-18)9-11-24(12-10-20)29(26,27)15-7-5-4-6-8-15/h4-8H,9-14H2,1-3H3. The number of aromatic nitrogens is 2. The van der Waals surface area contributed by atoms with Crippen molar-refractivity contribution < 1.29 is 17.9 Å². The van der Waals surface area contributed by atoms with E-state index < -0.39 is 15.6 Å². The number of carbonyl (C=O) groups is 1. The van der Waals surface area contributed by atoms with Crippen molar-refractivity contribution in [3.05, 3.63) is 47.3 Å². The van der Waals surface area contributed by atoms with Crippen LogP contribution in [0, 0.1) is 0 Å². The van der Waals surface area contributed by atoms with E-state index in [2.05, 4.69) is 5.10 Å². The van der Waals surface area contributed by atoms with E-state index in [0.29, 0.717) is 49.5 Å². The number of sulfonamides is 1. The molecule has 1 saturated heterocycles. The second-order valence-electron chi connectivity index (χ2n) is 7.96. The highest BCUT2D eigenvalue weighted by atomic mass is 32.2. The highest BCUT2D eigenvalue weighted by Crippen LogP contribution is 2.38. The van der Waals surface area contributed by atoms with Gasteiger partial charge in [-0.25, -0.2) is 8.42 Å². The molecule has 1 aromatic carbocycles. The fourth-order valence-electron chi connectivity index (χ4n) is 4.14. The molecule has 0 unspecified atom stereocenters. The molecule has 0 saturated carbocycles. The Balaban J connectivity index is 1.52. The second-order valence-corrected chi connectivity index (χ2v) is 9.90. The summed E-state index contributed by atoms with van der Waals surface area (Å²) < 4.78 is 35.3. The van der Waals surface area contributed by atoms with Crippen LogP contribution in [-0.2, 0) is 34.8 Å². The summed E-state index contributed by atoms with van der Waals surface area (Å²) in [6.07, 6.45) is 1.85. The second kappa shape index (κ2) is 7.23. The van der Waals surface area contributed by atoms with E-state index >= 15 is 0 Å². The molecule has 0 radical (unpaired) electrons. The molecule has 8 nitrogen and oxygen atoms in total. The SMILES string of the molecule is CN(C)C(=O)c1nn(C)c2c1COC1(CCN(S(=O)(=O)c3ccccc3)CC1)C2. The number of rotatable bonds is 3. The van der Waals surface area contributed by atoms with Crippen LogP contribution in [0.25, 0.3) is 0 Å². The lowest BCUT2D eigenvalue weighted by atomic mass is 9.84. The van der Waals surface area contributed by atoms with Crippen molar-refractivity contribution in [2.75, 3.05) is 27.2 Å². The Morgan fingerprint density at radius 3 is 2.45 bits per heavy atom. The molecule has 0 aliphatic carbocycles. The predicted molar refractivity (Wildman–Crippen MR) is 107 cm³/mol. The van der Waals surface area contributed by atoms with Gasteiger partial charge in [-0.2, -0.15) is 9.40 Å². The highest BCUT2D eigenvalue weighted by molar-refractivity contribution is 7.89. The van der Waals surface area contributed by atoms with Crippen LogP contribution in [-0.4, -0.2) is 66.1 Å². The van der Waals surface area contributed by atoms with Crippen molar-refractivity contribution in [1.82, 2.24) is 19.0 Å².